The summed E-state index contributed by atoms with van der Waals surface area (Å²) in [6.07, 6.45) is -1.29. The van der Waals surface area contributed by atoms with E-state index < -0.39 is 23.2 Å². The van der Waals surface area contributed by atoms with Crippen molar-refractivity contribution in [3.63, 3.8) is 0 Å². The summed E-state index contributed by atoms with van der Waals surface area (Å²) in [7, 11) is 0. The number of hydrogen-bond acceptors (Lipinski definition) is 2. The molecule has 88 valence electrons. The molecule has 0 aromatic heterocycles. The fraction of sp³-hybridized carbons (Fsp3) is 0.417. The lowest BCUT2D eigenvalue weighted by Gasteiger charge is -2.28. The largest absolute Gasteiger partial charge is 0.387 e. The predicted octanol–water partition coefficient (Wildman–Crippen LogP) is 2.61. The highest BCUT2D eigenvalue weighted by molar-refractivity contribution is 5.82. The molecule has 1 rings (SSSR count). The van der Waals surface area contributed by atoms with Gasteiger partial charge in [0.2, 0.25) is 0 Å². The maximum atomic E-state index is 13.4. The van der Waals surface area contributed by atoms with Crippen molar-refractivity contribution in [3.05, 3.63) is 35.4 Å². The average molecular weight is 228 g/mol. The Labute approximate surface area is 92.9 Å². The second-order valence-electron chi connectivity index (χ2n) is 4.35. The first kappa shape index (κ1) is 12.8. The third-order valence-electron chi connectivity index (χ3n) is 2.85. The number of hydrogen-bond donors (Lipinski definition) is 1. The molecule has 1 aromatic carbocycles. The molecule has 0 aliphatic carbocycles. The van der Waals surface area contributed by atoms with Crippen molar-refractivity contribution in [3.8, 4) is 0 Å². The first-order valence-corrected chi connectivity index (χ1v) is 4.91. The summed E-state index contributed by atoms with van der Waals surface area (Å²) in [6.45, 7) is 4.36. The van der Waals surface area contributed by atoms with E-state index in [1.807, 2.05) is 0 Å². The lowest BCUT2D eigenvalue weighted by Crippen LogP contribution is -2.30. The van der Waals surface area contributed by atoms with Gasteiger partial charge in [0, 0.05) is 11.6 Å². The summed E-state index contributed by atoms with van der Waals surface area (Å²) in [5.41, 5.74) is -1.17. The Bertz CT molecular complexity index is 413. The van der Waals surface area contributed by atoms with Crippen LogP contribution in [0.5, 0.6) is 0 Å². The van der Waals surface area contributed by atoms with Crippen LogP contribution in [0.4, 0.5) is 8.78 Å². The molecule has 0 radical (unpaired) electrons. The maximum Gasteiger partial charge on any atom is 0.138 e. The molecule has 0 bridgehead atoms. The lowest BCUT2D eigenvalue weighted by molar-refractivity contribution is -0.131. The van der Waals surface area contributed by atoms with Crippen LogP contribution in [-0.4, -0.2) is 10.9 Å². The van der Waals surface area contributed by atoms with E-state index in [-0.39, 0.29) is 11.3 Å². The molecule has 1 unspecified atom stereocenters. The van der Waals surface area contributed by atoms with E-state index in [1.165, 1.54) is 20.8 Å². The van der Waals surface area contributed by atoms with Crippen LogP contribution in [0, 0.1) is 17.0 Å². The zero-order valence-electron chi connectivity index (χ0n) is 9.42. The number of carbonyl (C=O) groups excluding carboxylic acids is 1. The Hall–Kier alpha value is -1.29. The van der Waals surface area contributed by atoms with Crippen molar-refractivity contribution >= 4 is 5.78 Å². The Morgan fingerprint density at radius 2 is 1.94 bits per heavy atom. The third-order valence-corrected chi connectivity index (χ3v) is 2.85. The van der Waals surface area contributed by atoms with Gasteiger partial charge in [0.1, 0.15) is 17.4 Å². The molecular weight excluding hydrogens is 214 g/mol. The van der Waals surface area contributed by atoms with Gasteiger partial charge in [-0.05, 0) is 13.0 Å². The van der Waals surface area contributed by atoms with Gasteiger partial charge < -0.3 is 5.11 Å². The molecule has 2 nitrogen and oxygen atoms in total. The Balaban J connectivity index is 3.14. The molecule has 0 saturated heterocycles. The van der Waals surface area contributed by atoms with Gasteiger partial charge in [-0.2, -0.15) is 0 Å². The number of aliphatic hydroxyl groups excluding tert-OH is 1. The van der Waals surface area contributed by atoms with Gasteiger partial charge in [0.05, 0.1) is 11.5 Å². The fourth-order valence-electron chi connectivity index (χ4n) is 1.30. The molecule has 4 heteroatoms. The topological polar surface area (TPSA) is 37.3 Å². The van der Waals surface area contributed by atoms with E-state index in [4.69, 9.17) is 0 Å². The van der Waals surface area contributed by atoms with Gasteiger partial charge in [-0.3, -0.25) is 4.79 Å². The minimum absolute atomic E-state index is 0.0680. The van der Waals surface area contributed by atoms with Crippen LogP contribution in [0.25, 0.3) is 0 Å². The zero-order chi connectivity index (χ0) is 12.5. The molecule has 0 saturated carbocycles. The first-order valence-electron chi connectivity index (χ1n) is 4.91. The summed E-state index contributed by atoms with van der Waals surface area (Å²) in [5, 5.41) is 9.91. The molecule has 0 aliphatic rings. The molecule has 1 N–H and O–H groups in total. The van der Waals surface area contributed by atoms with Crippen LogP contribution in [0.15, 0.2) is 18.2 Å². The van der Waals surface area contributed by atoms with Gasteiger partial charge in [-0.15, -0.1) is 0 Å². The molecule has 0 aliphatic heterocycles. The fourth-order valence-corrected chi connectivity index (χ4v) is 1.30. The normalized spacial score (nSPS) is 13.6. The van der Waals surface area contributed by atoms with E-state index in [0.29, 0.717) is 6.07 Å². The van der Waals surface area contributed by atoms with Crippen molar-refractivity contribution in [2.75, 3.05) is 0 Å². The first-order chi connectivity index (χ1) is 7.26. The van der Waals surface area contributed by atoms with Crippen LogP contribution in [-0.2, 0) is 4.79 Å². The summed E-state index contributed by atoms with van der Waals surface area (Å²) in [5.74, 6) is -1.82. The van der Waals surface area contributed by atoms with E-state index >= 15 is 0 Å². The van der Waals surface area contributed by atoms with Gasteiger partial charge in [-0.25, -0.2) is 8.78 Å². The van der Waals surface area contributed by atoms with Crippen molar-refractivity contribution in [1.82, 2.24) is 0 Å². The summed E-state index contributed by atoms with van der Waals surface area (Å²) in [6, 6.07) is 2.90. The second-order valence-corrected chi connectivity index (χ2v) is 4.35. The van der Waals surface area contributed by atoms with Crippen LogP contribution in [0.2, 0.25) is 0 Å². The van der Waals surface area contributed by atoms with Gasteiger partial charge in [-0.1, -0.05) is 19.9 Å². The van der Waals surface area contributed by atoms with Crippen LogP contribution >= 0.6 is 0 Å². The highest BCUT2D eigenvalue weighted by atomic mass is 19.1. The monoisotopic (exact) mass is 228 g/mol. The van der Waals surface area contributed by atoms with Crippen LogP contribution in [0.3, 0.4) is 0 Å². The number of rotatable bonds is 3. The molecule has 0 spiro atoms. The Morgan fingerprint density at radius 3 is 2.38 bits per heavy atom. The SMILES string of the molecule is CC(=O)C(C)(C)C(O)c1ccc(F)cc1F. The molecule has 1 aromatic rings. The van der Waals surface area contributed by atoms with Crippen molar-refractivity contribution in [2.24, 2.45) is 5.41 Å². The number of Topliss-reactive ketones (excluding diaryl/α,β-unsaturated/α-hetero) is 1. The van der Waals surface area contributed by atoms with Gasteiger partial charge in [0.15, 0.2) is 0 Å². The number of ketones is 1. The highest BCUT2D eigenvalue weighted by Crippen LogP contribution is 2.35. The van der Waals surface area contributed by atoms with E-state index in [9.17, 15) is 18.7 Å². The minimum atomic E-state index is -1.29. The lowest BCUT2D eigenvalue weighted by atomic mass is 9.79. The molecule has 0 amide bonds. The smallest absolute Gasteiger partial charge is 0.138 e. The van der Waals surface area contributed by atoms with Gasteiger partial charge in [0.25, 0.3) is 0 Å². The molecule has 0 heterocycles. The second kappa shape index (κ2) is 4.29. The number of benzene rings is 1. The number of halogens is 2. The van der Waals surface area contributed by atoms with E-state index in [0.717, 1.165) is 12.1 Å². The maximum absolute atomic E-state index is 13.4. The Morgan fingerprint density at radius 1 is 1.38 bits per heavy atom. The molecular formula is C12H14F2O2. The quantitative estimate of drug-likeness (QED) is 0.863. The zero-order valence-corrected chi connectivity index (χ0v) is 9.42. The van der Waals surface area contributed by atoms with Crippen LogP contribution < -0.4 is 0 Å². The molecule has 1 atom stereocenters. The van der Waals surface area contributed by atoms with Crippen molar-refractivity contribution < 1.29 is 18.7 Å². The molecule has 0 fully saturated rings. The summed E-state index contributed by atoms with van der Waals surface area (Å²) < 4.78 is 26.1. The summed E-state index contributed by atoms with van der Waals surface area (Å²) in [4.78, 5) is 11.3. The van der Waals surface area contributed by atoms with E-state index in [2.05, 4.69) is 0 Å². The minimum Gasteiger partial charge on any atom is -0.387 e. The molecule has 16 heavy (non-hydrogen) atoms. The third kappa shape index (κ3) is 2.27. The Kier molecular flexibility index (Phi) is 3.43. The van der Waals surface area contributed by atoms with Crippen molar-refractivity contribution in [2.45, 2.75) is 26.9 Å². The van der Waals surface area contributed by atoms with Crippen LogP contribution in [0.1, 0.15) is 32.4 Å². The average Bonchev–Trinajstić information content (AvgIpc) is 2.16. The number of aliphatic hydroxyl groups is 1. The number of carbonyl (C=O) groups is 1. The van der Waals surface area contributed by atoms with Crippen molar-refractivity contribution in [1.29, 1.82) is 0 Å². The standard InChI is InChI=1S/C12H14F2O2/c1-7(15)12(2,3)11(16)9-5-4-8(13)6-10(9)14/h4-6,11,16H,1-3H3. The highest BCUT2D eigenvalue weighted by Gasteiger charge is 2.35. The van der Waals surface area contributed by atoms with E-state index in [1.54, 1.807) is 0 Å². The summed E-state index contributed by atoms with van der Waals surface area (Å²) >= 11 is 0. The van der Waals surface area contributed by atoms with Gasteiger partial charge >= 0.3 is 0 Å². The predicted molar refractivity (Wildman–Crippen MR) is 55.8 cm³/mol.